The highest BCUT2D eigenvalue weighted by atomic mass is 16.5. The van der Waals surface area contributed by atoms with Crippen molar-refractivity contribution in [3.63, 3.8) is 0 Å². The number of hydrogen-bond donors (Lipinski definition) is 0. The van der Waals surface area contributed by atoms with Crippen molar-refractivity contribution in [1.29, 1.82) is 0 Å². The average molecular weight is 366 g/mol. The molecule has 0 fully saturated rings. The highest BCUT2D eigenvalue weighted by molar-refractivity contribution is 5.99. The van der Waals surface area contributed by atoms with Crippen LogP contribution in [0.4, 0.5) is 5.69 Å². The van der Waals surface area contributed by atoms with Crippen LogP contribution in [0.1, 0.15) is 23.6 Å². The quantitative estimate of drug-likeness (QED) is 0.514. The molecule has 0 radical (unpaired) electrons. The molecule has 2 heterocycles. The van der Waals surface area contributed by atoms with Crippen molar-refractivity contribution in [1.82, 2.24) is 0 Å². The summed E-state index contributed by atoms with van der Waals surface area (Å²) in [5.74, 6) is -0.394. The summed E-state index contributed by atoms with van der Waals surface area (Å²) in [5.41, 5.74) is 7.38. The van der Waals surface area contributed by atoms with Crippen molar-refractivity contribution in [2.24, 2.45) is 9.98 Å². The van der Waals surface area contributed by atoms with Crippen LogP contribution in [-0.4, -0.2) is 5.97 Å². The van der Waals surface area contributed by atoms with Gasteiger partial charge in [0.2, 0.25) is 0 Å². The molecule has 0 bridgehead atoms. The van der Waals surface area contributed by atoms with Gasteiger partial charge in [0.1, 0.15) is 6.61 Å². The van der Waals surface area contributed by atoms with Gasteiger partial charge in [-0.2, -0.15) is 0 Å². The molecule has 3 aromatic rings. The zero-order chi connectivity index (χ0) is 19.3. The Balaban J connectivity index is 1.52. The van der Waals surface area contributed by atoms with E-state index in [2.05, 4.69) is 11.1 Å². The number of fused-ring (bicyclic) bond motifs is 4. The summed E-state index contributed by atoms with van der Waals surface area (Å²) in [4.78, 5) is 22.1. The van der Waals surface area contributed by atoms with Crippen LogP contribution in [0.15, 0.2) is 76.3 Å². The minimum Gasteiger partial charge on any atom is -0.456 e. The predicted octanol–water partition coefficient (Wildman–Crippen LogP) is 4.03. The van der Waals surface area contributed by atoms with Crippen LogP contribution >= 0.6 is 0 Å². The average Bonchev–Trinajstić information content (AvgIpc) is 3.26. The molecule has 0 aromatic heterocycles. The molecule has 0 saturated carbocycles. The fourth-order valence-electron chi connectivity index (χ4n) is 3.93. The summed E-state index contributed by atoms with van der Waals surface area (Å²) in [6.07, 6.45) is 0. The van der Waals surface area contributed by atoms with E-state index in [0.29, 0.717) is 5.70 Å². The lowest BCUT2D eigenvalue weighted by Crippen LogP contribution is -2.18. The Bertz CT molecular complexity index is 1290. The Kier molecular flexibility index (Phi) is 3.72. The maximum absolute atomic E-state index is 12.7. The van der Waals surface area contributed by atoms with Gasteiger partial charge in [0.05, 0.1) is 16.4 Å². The number of esters is 1. The van der Waals surface area contributed by atoms with Crippen LogP contribution in [0.25, 0.3) is 16.7 Å². The maximum Gasteiger partial charge on any atom is 0.357 e. The van der Waals surface area contributed by atoms with Gasteiger partial charge in [-0.15, -0.1) is 0 Å². The third-order valence-electron chi connectivity index (χ3n) is 5.32. The summed E-state index contributed by atoms with van der Waals surface area (Å²) < 4.78 is 5.50. The number of ether oxygens (including phenoxy) is 1. The highest BCUT2D eigenvalue weighted by Crippen LogP contribution is 2.34. The molecule has 3 aromatic carbocycles. The molecule has 0 atom stereocenters. The van der Waals surface area contributed by atoms with Gasteiger partial charge in [0.25, 0.3) is 0 Å². The SMILES string of the molecule is CC1=C(C(=O)OCc2ccccc2)N=c2cc3c(c(C)c21)=Nc1ccccc1-3. The highest BCUT2D eigenvalue weighted by Gasteiger charge is 2.26. The van der Waals surface area contributed by atoms with E-state index in [-0.39, 0.29) is 6.61 Å². The molecule has 0 amide bonds. The first-order chi connectivity index (χ1) is 13.6. The molecule has 0 saturated heterocycles. The third kappa shape index (κ3) is 2.49. The topological polar surface area (TPSA) is 51.0 Å². The van der Waals surface area contributed by atoms with Gasteiger partial charge in [-0.1, -0.05) is 48.5 Å². The van der Waals surface area contributed by atoms with E-state index in [1.807, 2.05) is 68.4 Å². The molecule has 0 aliphatic carbocycles. The molecule has 0 unspecified atom stereocenters. The van der Waals surface area contributed by atoms with E-state index in [1.54, 1.807) is 0 Å². The van der Waals surface area contributed by atoms with Gasteiger partial charge >= 0.3 is 5.97 Å². The number of allylic oxidation sites excluding steroid dienone is 1. The van der Waals surface area contributed by atoms with E-state index in [4.69, 9.17) is 9.73 Å². The molecular formula is C24H18N2O2. The number of nitrogens with zero attached hydrogens (tertiary/aromatic N) is 2. The largest absolute Gasteiger partial charge is 0.456 e. The van der Waals surface area contributed by atoms with Crippen molar-refractivity contribution < 1.29 is 9.53 Å². The Hall–Kier alpha value is -3.53. The second-order valence-electron chi connectivity index (χ2n) is 7.07. The number of carbonyl (C=O) groups excluding carboxylic acids is 1. The summed E-state index contributed by atoms with van der Waals surface area (Å²) in [6, 6.07) is 19.8. The van der Waals surface area contributed by atoms with Crippen molar-refractivity contribution >= 4 is 17.2 Å². The van der Waals surface area contributed by atoms with Crippen LogP contribution in [0.2, 0.25) is 0 Å². The lowest BCUT2D eigenvalue weighted by Gasteiger charge is -2.06. The number of rotatable bonds is 3. The van der Waals surface area contributed by atoms with Crippen molar-refractivity contribution in [3.05, 3.63) is 93.8 Å². The molecule has 5 rings (SSSR count). The van der Waals surface area contributed by atoms with Gasteiger partial charge < -0.3 is 4.74 Å². The van der Waals surface area contributed by atoms with E-state index in [1.165, 1.54) is 0 Å². The lowest BCUT2D eigenvalue weighted by molar-refractivity contribution is -0.140. The van der Waals surface area contributed by atoms with E-state index < -0.39 is 5.97 Å². The van der Waals surface area contributed by atoms with Gasteiger partial charge in [-0.05, 0) is 42.7 Å². The predicted molar refractivity (Wildman–Crippen MR) is 107 cm³/mol. The van der Waals surface area contributed by atoms with Crippen LogP contribution < -0.4 is 10.7 Å². The van der Waals surface area contributed by atoms with Gasteiger partial charge in [0, 0.05) is 16.7 Å². The van der Waals surface area contributed by atoms with Crippen LogP contribution in [0, 0.1) is 6.92 Å². The fraction of sp³-hybridized carbons (Fsp3) is 0.125. The second-order valence-corrected chi connectivity index (χ2v) is 7.07. The van der Waals surface area contributed by atoms with E-state index in [9.17, 15) is 4.79 Å². The summed E-state index contributed by atoms with van der Waals surface area (Å²) in [6.45, 7) is 4.21. The zero-order valence-electron chi connectivity index (χ0n) is 15.7. The van der Waals surface area contributed by atoms with E-state index >= 15 is 0 Å². The number of hydrogen-bond acceptors (Lipinski definition) is 4. The summed E-state index contributed by atoms with van der Waals surface area (Å²) in [5, 5.41) is 1.78. The molecule has 28 heavy (non-hydrogen) atoms. The van der Waals surface area contributed by atoms with Crippen molar-refractivity contribution in [3.8, 4) is 11.1 Å². The standard InChI is InChI=1S/C24H18N2O2/c1-14-21-15(2)23(24(27)28-13-16-8-4-3-5-9-16)26-20(21)12-18-17-10-6-7-11-19(17)25-22(14)18/h3-12H,13H2,1-2H3. The first-order valence-electron chi connectivity index (χ1n) is 9.26. The number of carbonyl (C=O) groups is 1. The van der Waals surface area contributed by atoms with Gasteiger partial charge in [-0.3, -0.25) is 0 Å². The van der Waals surface area contributed by atoms with Gasteiger partial charge in [0.15, 0.2) is 5.70 Å². The van der Waals surface area contributed by atoms with Crippen LogP contribution in [0.3, 0.4) is 0 Å². The minimum absolute atomic E-state index is 0.237. The van der Waals surface area contributed by atoms with Gasteiger partial charge in [-0.25, -0.2) is 14.8 Å². The Labute approximate surface area is 162 Å². The first kappa shape index (κ1) is 16.6. The number of benzene rings is 3. The lowest BCUT2D eigenvalue weighted by atomic mass is 9.96. The Morgan fingerprint density at radius 2 is 1.68 bits per heavy atom. The molecule has 4 nitrogen and oxygen atoms in total. The van der Waals surface area contributed by atoms with Crippen molar-refractivity contribution in [2.45, 2.75) is 20.5 Å². The second kappa shape index (κ2) is 6.27. The summed E-state index contributed by atoms with van der Waals surface area (Å²) >= 11 is 0. The zero-order valence-corrected chi connectivity index (χ0v) is 15.7. The summed E-state index contributed by atoms with van der Waals surface area (Å²) in [7, 11) is 0. The Morgan fingerprint density at radius 1 is 0.929 bits per heavy atom. The Morgan fingerprint density at radius 3 is 2.50 bits per heavy atom. The molecule has 4 heteroatoms. The van der Waals surface area contributed by atoms with Crippen LogP contribution in [-0.2, 0) is 16.1 Å². The molecule has 136 valence electrons. The van der Waals surface area contributed by atoms with Crippen LogP contribution in [0.5, 0.6) is 0 Å². The monoisotopic (exact) mass is 366 g/mol. The molecule has 2 aliphatic heterocycles. The minimum atomic E-state index is -0.394. The molecule has 2 aliphatic rings. The molecule has 0 N–H and O–H groups in total. The van der Waals surface area contributed by atoms with E-state index in [0.717, 1.165) is 49.8 Å². The number of para-hydroxylation sites is 1. The first-order valence-corrected chi connectivity index (χ1v) is 9.26. The maximum atomic E-state index is 12.7. The smallest absolute Gasteiger partial charge is 0.357 e. The normalized spacial score (nSPS) is 13.4. The van der Waals surface area contributed by atoms with Crippen molar-refractivity contribution in [2.75, 3.05) is 0 Å². The molecular weight excluding hydrogens is 348 g/mol. The fourth-order valence-corrected chi connectivity index (χ4v) is 3.93. The third-order valence-corrected chi connectivity index (χ3v) is 5.32. The molecule has 0 spiro atoms.